The maximum atomic E-state index is 15.0. The minimum absolute atomic E-state index is 0.0252. The van der Waals surface area contributed by atoms with Crippen molar-refractivity contribution in [3.8, 4) is 0 Å². The Kier molecular flexibility index (Phi) is 37.3. The number of Topliss-reactive ketones (excluding diaryl/α,β-unsaturated/α-hetero) is 1. The summed E-state index contributed by atoms with van der Waals surface area (Å²) in [6, 6.07) is -2.70. The molecule has 111 heavy (non-hydrogen) atoms. The number of carbonyl (C=O) groups is 3. The number of aryl methyl sites for hydroxylation is 4. The van der Waals surface area contributed by atoms with Crippen molar-refractivity contribution in [2.45, 2.75) is 314 Å². The zero-order chi connectivity index (χ0) is 80.3. The van der Waals surface area contributed by atoms with Gasteiger partial charge in [0.2, 0.25) is 11.8 Å². The number of ketones is 1. The molecule has 21 atom stereocenters. The molecular formula is C72H124N16O23. The minimum Gasteiger partial charge on any atom is -0.394 e. The summed E-state index contributed by atoms with van der Waals surface area (Å²) in [6.07, 6.45) is -0.398. The average Bonchev–Trinajstić information content (AvgIpc) is 1.81. The van der Waals surface area contributed by atoms with Crippen molar-refractivity contribution in [2.75, 3.05) is 59.4 Å². The Hall–Kier alpha value is -5.71. The first-order valence-electron chi connectivity index (χ1n) is 39.3. The van der Waals surface area contributed by atoms with Gasteiger partial charge in [-0.15, -0.1) is 20.4 Å². The van der Waals surface area contributed by atoms with Crippen LogP contribution in [0, 0.1) is 17.3 Å². The van der Waals surface area contributed by atoms with Crippen LogP contribution < -0.4 is 10.6 Å². The molecule has 4 saturated heterocycles. The summed E-state index contributed by atoms with van der Waals surface area (Å²) in [6.45, 7) is 14.9. The Morgan fingerprint density at radius 1 is 0.432 bits per heavy atom. The number of aliphatic hydroxyl groups is 12. The van der Waals surface area contributed by atoms with Crippen LogP contribution in [0.2, 0.25) is 0 Å². The van der Waals surface area contributed by atoms with Gasteiger partial charge in [0.05, 0.1) is 67.5 Å². The molecule has 8 rings (SSSR count). The molecule has 39 nitrogen and oxygen atoms in total. The smallest absolute Gasteiger partial charge is 0.217 e. The highest BCUT2D eigenvalue weighted by molar-refractivity contribution is 5.88. The van der Waals surface area contributed by atoms with E-state index in [1.165, 1.54) is 13.8 Å². The number of unbranched alkanes of at least 4 members (excludes halogenated alkanes) is 9. The van der Waals surface area contributed by atoms with Gasteiger partial charge in [-0.3, -0.25) is 42.9 Å². The van der Waals surface area contributed by atoms with Gasteiger partial charge in [-0.05, 0) is 96.4 Å². The molecule has 39 heteroatoms. The number of hydrogen-bond donors (Lipinski definition) is 14. The van der Waals surface area contributed by atoms with E-state index < -0.39 is 172 Å². The number of aromatic nitrogens is 12. The van der Waals surface area contributed by atoms with Crippen molar-refractivity contribution in [1.82, 2.24) is 80.4 Å². The molecule has 4 aliphatic rings. The van der Waals surface area contributed by atoms with Gasteiger partial charge in [0.1, 0.15) is 73.1 Å². The molecule has 0 saturated carbocycles. The number of amides is 2. The maximum absolute atomic E-state index is 15.0. The van der Waals surface area contributed by atoms with Gasteiger partial charge >= 0.3 is 0 Å². The third kappa shape index (κ3) is 27.5. The Morgan fingerprint density at radius 3 is 1.05 bits per heavy atom. The standard InChI is InChI=1S/C72H124N16O23/c1-44-59(95)61(97)53(40-89)108-68(44)104-28-18-8-13-24-85-36-48(75-79-85)32-83(33-49-37-86(80-76-49)25-15-10-20-30-106-70-57(73-46(3)93)65(101)63(99)55(42-91)110-70)23-17-12-22-52(67(103)72(5,6)7)84(34-50-38-87(81-77-50)26-14-9-19-29-105-69-45(2)60(96)62(98)54(41-90)109-69)35-51-39-88(82-78-51)27-16-11-21-31-107-71-58(74-47(4)94)66(102)64(100)56(43-92)111-71/h36-39,44-45,52-66,68-71,89-92,95-102H,8-35,40-43H2,1-7H3,(H,73,93)(H,74,94)/t44-,45-,52+,53-,54-,55-,56-,57-,58-,59-,60-,61+,62+,63+,64+,65-,66-,68-,69-,70-,71-/m1/s1. The van der Waals surface area contributed by atoms with Gasteiger partial charge in [-0.25, -0.2) is 0 Å². The maximum Gasteiger partial charge on any atom is 0.217 e. The van der Waals surface area contributed by atoms with Crippen molar-refractivity contribution in [2.24, 2.45) is 17.3 Å². The van der Waals surface area contributed by atoms with E-state index in [0.29, 0.717) is 141 Å². The summed E-state index contributed by atoms with van der Waals surface area (Å²) in [4.78, 5) is 43.2. The summed E-state index contributed by atoms with van der Waals surface area (Å²) in [5, 5.41) is 164. The molecular weight excluding hydrogens is 1460 g/mol. The van der Waals surface area contributed by atoms with Crippen molar-refractivity contribution >= 4 is 17.6 Å². The molecule has 4 fully saturated rings. The fourth-order valence-electron chi connectivity index (χ4n) is 14.2. The van der Waals surface area contributed by atoms with E-state index in [2.05, 4.69) is 61.7 Å². The molecule has 14 N–H and O–H groups in total. The molecule has 0 radical (unpaired) electrons. The van der Waals surface area contributed by atoms with E-state index in [1.54, 1.807) is 32.6 Å². The van der Waals surface area contributed by atoms with Crippen LogP contribution in [-0.2, 0) is 105 Å². The molecule has 4 aromatic rings. The summed E-state index contributed by atoms with van der Waals surface area (Å²) in [5.74, 6) is -1.86. The molecule has 4 aliphatic heterocycles. The molecule has 630 valence electrons. The molecule has 0 bridgehead atoms. The van der Waals surface area contributed by atoms with Crippen LogP contribution >= 0.6 is 0 Å². The summed E-state index contributed by atoms with van der Waals surface area (Å²) < 4.78 is 53.7. The van der Waals surface area contributed by atoms with Gasteiger partial charge in [-0.1, -0.05) is 61.9 Å². The normalized spacial score (nSPS) is 29.0. The van der Waals surface area contributed by atoms with E-state index in [4.69, 9.17) is 37.9 Å². The summed E-state index contributed by atoms with van der Waals surface area (Å²) >= 11 is 0. The van der Waals surface area contributed by atoms with E-state index >= 15 is 4.79 Å². The minimum atomic E-state index is -1.43. The van der Waals surface area contributed by atoms with E-state index in [0.717, 1.165) is 37.1 Å². The third-order valence-electron chi connectivity index (χ3n) is 20.7. The highest BCUT2D eigenvalue weighted by Gasteiger charge is 2.48. The number of rotatable bonds is 49. The van der Waals surface area contributed by atoms with Crippen molar-refractivity contribution < 1.29 is 114 Å². The molecule has 8 heterocycles. The third-order valence-corrected chi connectivity index (χ3v) is 20.7. The molecule has 0 aromatic carbocycles. The van der Waals surface area contributed by atoms with E-state index in [9.17, 15) is 70.9 Å². The van der Waals surface area contributed by atoms with Crippen LogP contribution in [0.3, 0.4) is 0 Å². The van der Waals surface area contributed by atoms with Crippen LogP contribution in [0.1, 0.15) is 168 Å². The average molecular weight is 1580 g/mol. The fourth-order valence-corrected chi connectivity index (χ4v) is 14.2. The SMILES string of the molecule is CC(=O)N[C@H]1[C@H](OCCCCCn2cc(CN(CCCC[C@@H](C(=O)C(C)(C)C)N(Cc3cn(CCCCCO[C@@H]4O[C@H](CO)[C@H](O)[C@H](O)[C@H]4C)nn3)Cc3cn(CCCCCO[C@@H]4O[C@H](CO)[C@H](O)[C@H](O)[C@H]4NC(C)=O)nn3)Cc3cn(CCCCCO[C@@H]4O[C@H](CO)[C@H](O)[C@H](O)[C@H]4C)nn3)nn2)O[C@H](CO)[C@H](O)[C@@H]1O. The number of nitrogens with zero attached hydrogens (tertiary/aromatic N) is 14. The highest BCUT2D eigenvalue weighted by atomic mass is 16.7. The van der Waals surface area contributed by atoms with Crippen molar-refractivity contribution in [3.63, 3.8) is 0 Å². The lowest BCUT2D eigenvalue weighted by molar-refractivity contribution is -0.282. The largest absolute Gasteiger partial charge is 0.394 e. The monoisotopic (exact) mass is 1580 g/mol. The van der Waals surface area contributed by atoms with E-state index in [-0.39, 0.29) is 32.1 Å². The van der Waals surface area contributed by atoms with Gasteiger partial charge in [0, 0.05) is 135 Å². The summed E-state index contributed by atoms with van der Waals surface area (Å²) in [5.41, 5.74) is 1.96. The topological polar surface area (TPSA) is 521 Å². The van der Waals surface area contributed by atoms with Crippen LogP contribution in [0.5, 0.6) is 0 Å². The molecule has 2 amide bonds. The van der Waals surface area contributed by atoms with E-state index in [1.807, 2.05) is 45.6 Å². The first kappa shape index (κ1) is 90.8. The molecule has 0 aliphatic carbocycles. The number of hydrogen-bond acceptors (Lipinski definition) is 33. The van der Waals surface area contributed by atoms with Gasteiger partial charge in [0.15, 0.2) is 30.9 Å². The van der Waals surface area contributed by atoms with Gasteiger partial charge < -0.3 is 110 Å². The van der Waals surface area contributed by atoms with Crippen LogP contribution in [-0.4, -0.2) is 325 Å². The molecule has 4 aromatic heterocycles. The highest BCUT2D eigenvalue weighted by Crippen LogP contribution is 2.31. The zero-order valence-corrected chi connectivity index (χ0v) is 65.2. The lowest BCUT2D eigenvalue weighted by atomic mass is 9.84. The Balaban J connectivity index is 0.912. The van der Waals surface area contributed by atoms with Crippen molar-refractivity contribution in [3.05, 3.63) is 47.6 Å². The Labute approximate surface area is 647 Å². The first-order chi connectivity index (χ1) is 53.2. The quantitative estimate of drug-likeness (QED) is 0.0207. The number of ether oxygens (including phenoxy) is 8. The van der Waals surface area contributed by atoms with Crippen molar-refractivity contribution in [1.29, 1.82) is 0 Å². The van der Waals surface area contributed by atoms with Crippen LogP contribution in [0.25, 0.3) is 0 Å². The van der Waals surface area contributed by atoms with Gasteiger partial charge in [-0.2, -0.15) is 0 Å². The fraction of sp³-hybridized carbons (Fsp3) is 0.847. The number of aliphatic hydroxyl groups excluding tert-OH is 12. The second kappa shape index (κ2) is 45.6. The summed E-state index contributed by atoms with van der Waals surface area (Å²) in [7, 11) is 0. The Morgan fingerprint density at radius 2 is 0.739 bits per heavy atom. The molecule has 0 spiro atoms. The molecule has 0 unspecified atom stereocenters. The van der Waals surface area contributed by atoms with Crippen LogP contribution in [0.4, 0.5) is 0 Å². The second-order valence-corrected chi connectivity index (χ2v) is 30.9. The number of carbonyl (C=O) groups excluding carboxylic acids is 3. The first-order valence-corrected chi connectivity index (χ1v) is 39.3. The lowest BCUT2D eigenvalue weighted by Crippen LogP contribution is -2.64. The zero-order valence-electron chi connectivity index (χ0n) is 65.2. The lowest BCUT2D eigenvalue weighted by Gasteiger charge is -2.42. The second-order valence-electron chi connectivity index (χ2n) is 30.9. The number of nitrogens with one attached hydrogen (secondary N) is 2. The Bertz CT molecular complexity index is 3330. The predicted molar refractivity (Wildman–Crippen MR) is 389 cm³/mol. The predicted octanol–water partition coefficient (Wildman–Crippen LogP) is -2.30. The van der Waals surface area contributed by atoms with Crippen LogP contribution in [0.15, 0.2) is 24.8 Å². The van der Waals surface area contributed by atoms with Gasteiger partial charge in [0.25, 0.3) is 0 Å².